The fourth-order valence-corrected chi connectivity index (χ4v) is 4.81. The van der Waals surface area contributed by atoms with E-state index in [9.17, 15) is 9.59 Å². The van der Waals surface area contributed by atoms with Crippen LogP contribution in [0.15, 0.2) is 60.2 Å². The maximum atomic E-state index is 12.8. The highest BCUT2D eigenvalue weighted by Crippen LogP contribution is 2.28. The molecule has 1 aliphatic carbocycles. The number of benzene rings is 1. The van der Waals surface area contributed by atoms with Gasteiger partial charge in [0.25, 0.3) is 0 Å². The van der Waals surface area contributed by atoms with Crippen LogP contribution >= 0.6 is 11.3 Å². The maximum Gasteiger partial charge on any atom is 0.411 e. The minimum Gasteiger partial charge on any atom is -0.446 e. The average molecular weight is 447 g/mol. The molecule has 162 valence electrons. The van der Waals surface area contributed by atoms with Crippen molar-refractivity contribution in [3.63, 3.8) is 0 Å². The molecule has 2 atom stereocenters. The maximum absolute atomic E-state index is 12.8. The minimum atomic E-state index is -0.441. The van der Waals surface area contributed by atoms with Crippen molar-refractivity contribution in [1.82, 2.24) is 14.6 Å². The molecule has 1 aromatic carbocycles. The van der Waals surface area contributed by atoms with Gasteiger partial charge in [-0.3, -0.25) is 10.1 Å². The number of anilines is 1. The number of hydrogen-bond donors (Lipinski definition) is 1. The first-order chi connectivity index (χ1) is 15.6. The van der Waals surface area contributed by atoms with Gasteiger partial charge in [0.2, 0.25) is 5.78 Å². The van der Waals surface area contributed by atoms with Crippen LogP contribution in [0.2, 0.25) is 0 Å². The Balaban J connectivity index is 1.40. The first-order valence-electron chi connectivity index (χ1n) is 10.6. The summed E-state index contributed by atoms with van der Waals surface area (Å²) in [6, 6.07) is 12.9. The summed E-state index contributed by atoms with van der Waals surface area (Å²) in [6.45, 7) is 2.18. The van der Waals surface area contributed by atoms with E-state index in [1.165, 1.54) is 11.3 Å². The molecule has 1 aliphatic rings. The minimum absolute atomic E-state index is 0.0172. The molecule has 0 radical (unpaired) electrons. The number of nitrogens with zero attached hydrogens (tertiary/aromatic N) is 3. The van der Waals surface area contributed by atoms with Crippen molar-refractivity contribution in [2.45, 2.75) is 32.3 Å². The number of amides is 1. The Morgan fingerprint density at radius 3 is 2.88 bits per heavy atom. The van der Waals surface area contributed by atoms with E-state index >= 15 is 0 Å². The number of carbonyl (C=O) groups excluding carboxylic acids is 2. The summed E-state index contributed by atoms with van der Waals surface area (Å²) in [5, 5.41) is 9.11. The molecule has 0 saturated heterocycles. The number of fused-ring (bicyclic) bond motifs is 1. The molecule has 0 spiro atoms. The molecule has 1 fully saturated rings. The van der Waals surface area contributed by atoms with Gasteiger partial charge in [0, 0.05) is 17.4 Å². The molecule has 0 aliphatic heterocycles. The van der Waals surface area contributed by atoms with Crippen molar-refractivity contribution in [3.05, 3.63) is 70.7 Å². The van der Waals surface area contributed by atoms with E-state index in [1.54, 1.807) is 23.0 Å². The van der Waals surface area contributed by atoms with Crippen LogP contribution in [0.1, 0.15) is 41.4 Å². The second-order valence-electron chi connectivity index (χ2n) is 8.08. The van der Waals surface area contributed by atoms with Crippen molar-refractivity contribution in [3.8, 4) is 11.3 Å². The number of thiophene rings is 1. The molecule has 3 aromatic heterocycles. The largest absolute Gasteiger partial charge is 0.446 e. The number of carbonyl (C=O) groups is 2. The van der Waals surface area contributed by atoms with Gasteiger partial charge in [-0.15, -0.1) is 11.3 Å². The summed E-state index contributed by atoms with van der Waals surface area (Å²) in [6.07, 6.45) is 5.67. The highest BCUT2D eigenvalue weighted by Gasteiger charge is 2.24. The Labute approximate surface area is 189 Å². The van der Waals surface area contributed by atoms with Crippen molar-refractivity contribution < 1.29 is 14.3 Å². The van der Waals surface area contributed by atoms with Gasteiger partial charge in [-0.25, -0.2) is 14.3 Å². The Hall–Kier alpha value is -3.52. The smallest absolute Gasteiger partial charge is 0.411 e. The van der Waals surface area contributed by atoms with Crippen LogP contribution in [-0.2, 0) is 4.74 Å². The zero-order valence-electron chi connectivity index (χ0n) is 17.5. The lowest BCUT2D eigenvalue weighted by Crippen LogP contribution is -2.20. The van der Waals surface area contributed by atoms with E-state index in [0.717, 1.165) is 30.5 Å². The van der Waals surface area contributed by atoms with E-state index < -0.39 is 6.09 Å². The summed E-state index contributed by atoms with van der Waals surface area (Å²) in [5.41, 5.74) is 3.18. The van der Waals surface area contributed by atoms with Crippen LogP contribution in [0.25, 0.3) is 16.9 Å². The van der Waals surface area contributed by atoms with Crippen LogP contribution in [-0.4, -0.2) is 32.6 Å². The number of aromatic nitrogens is 3. The number of rotatable bonds is 5. The van der Waals surface area contributed by atoms with Crippen molar-refractivity contribution in [1.29, 1.82) is 0 Å². The summed E-state index contributed by atoms with van der Waals surface area (Å²) >= 11 is 1.39. The highest BCUT2D eigenvalue weighted by molar-refractivity contribution is 7.12. The Morgan fingerprint density at radius 2 is 2.09 bits per heavy atom. The van der Waals surface area contributed by atoms with Gasteiger partial charge in [0.15, 0.2) is 5.65 Å². The zero-order chi connectivity index (χ0) is 22.1. The van der Waals surface area contributed by atoms with Crippen LogP contribution in [0.5, 0.6) is 0 Å². The monoisotopic (exact) mass is 446 g/mol. The molecule has 32 heavy (non-hydrogen) atoms. The zero-order valence-corrected chi connectivity index (χ0v) is 18.3. The topological polar surface area (TPSA) is 85.6 Å². The summed E-state index contributed by atoms with van der Waals surface area (Å²) < 4.78 is 7.20. The number of hydrogen-bond acceptors (Lipinski definition) is 6. The Kier molecular flexibility index (Phi) is 5.45. The third-order valence-electron chi connectivity index (χ3n) is 5.72. The molecule has 1 N–H and O–H groups in total. The van der Waals surface area contributed by atoms with Gasteiger partial charge in [0.05, 0.1) is 22.3 Å². The Bertz CT molecular complexity index is 1280. The van der Waals surface area contributed by atoms with Crippen molar-refractivity contribution >= 4 is 34.5 Å². The molecule has 4 aromatic rings. The quantitative estimate of drug-likeness (QED) is 0.413. The lowest BCUT2D eigenvalue weighted by Gasteiger charge is -2.13. The lowest BCUT2D eigenvalue weighted by atomic mass is 10.1. The summed E-state index contributed by atoms with van der Waals surface area (Å²) in [4.78, 5) is 30.2. The van der Waals surface area contributed by atoms with E-state index in [0.29, 0.717) is 27.7 Å². The lowest BCUT2D eigenvalue weighted by molar-refractivity contribution is 0.104. The number of ether oxygens (including phenoxy) is 1. The second-order valence-corrected chi connectivity index (χ2v) is 9.03. The standard InChI is InChI=1S/C24H22N4O3S/c1-15-7-8-18(12-15)31-24(30)27-17-5-2-4-16(13-17)20-9-10-25-23-19(14-26-28(20)23)22(29)21-6-3-11-32-21/h2-6,9-11,13-15,18H,7-8,12H2,1H3,(H,27,30). The fraction of sp³-hybridized carbons (Fsp3) is 0.250. The molecule has 2 unspecified atom stereocenters. The average Bonchev–Trinajstić information content (AvgIpc) is 3.54. The predicted octanol–water partition coefficient (Wildman–Crippen LogP) is 5.43. The number of nitrogens with one attached hydrogen (secondary N) is 1. The molecule has 8 heteroatoms. The molecular formula is C24H22N4O3S. The van der Waals surface area contributed by atoms with Crippen molar-refractivity contribution in [2.24, 2.45) is 5.92 Å². The second kappa shape index (κ2) is 8.55. The summed E-state index contributed by atoms with van der Waals surface area (Å²) in [7, 11) is 0. The molecule has 0 bridgehead atoms. The first-order valence-corrected chi connectivity index (χ1v) is 11.5. The third kappa shape index (κ3) is 4.01. The fourth-order valence-electron chi connectivity index (χ4n) is 4.13. The van der Waals surface area contributed by atoms with Crippen LogP contribution in [0.3, 0.4) is 0 Å². The van der Waals surface area contributed by atoms with Gasteiger partial charge in [0.1, 0.15) is 6.10 Å². The first kappa shape index (κ1) is 20.4. The molecule has 7 nitrogen and oxygen atoms in total. The molecule has 1 saturated carbocycles. The SMILES string of the molecule is CC1CCC(OC(=O)Nc2cccc(-c3ccnc4c(C(=O)c5cccs5)cnn34)c2)C1. The van der Waals surface area contributed by atoms with E-state index in [-0.39, 0.29) is 11.9 Å². The Morgan fingerprint density at radius 1 is 1.19 bits per heavy atom. The predicted molar refractivity (Wildman–Crippen MR) is 123 cm³/mol. The normalized spacial score (nSPS) is 18.0. The molecule has 1 amide bonds. The van der Waals surface area contributed by atoms with Gasteiger partial charge >= 0.3 is 6.09 Å². The van der Waals surface area contributed by atoms with Crippen LogP contribution < -0.4 is 5.32 Å². The number of ketones is 1. The van der Waals surface area contributed by atoms with E-state index in [1.807, 2.05) is 41.8 Å². The van der Waals surface area contributed by atoms with Crippen LogP contribution in [0, 0.1) is 5.92 Å². The molecular weight excluding hydrogens is 424 g/mol. The van der Waals surface area contributed by atoms with Gasteiger partial charge in [-0.2, -0.15) is 5.10 Å². The molecule has 3 heterocycles. The van der Waals surface area contributed by atoms with Crippen molar-refractivity contribution in [2.75, 3.05) is 5.32 Å². The van der Waals surface area contributed by atoms with Gasteiger partial charge < -0.3 is 4.74 Å². The highest BCUT2D eigenvalue weighted by atomic mass is 32.1. The van der Waals surface area contributed by atoms with Crippen LogP contribution in [0.4, 0.5) is 10.5 Å². The third-order valence-corrected chi connectivity index (χ3v) is 6.58. The van der Waals surface area contributed by atoms with E-state index in [2.05, 4.69) is 22.3 Å². The molecule has 5 rings (SSSR count). The van der Waals surface area contributed by atoms with Gasteiger partial charge in [-0.05, 0) is 54.8 Å². The van der Waals surface area contributed by atoms with Gasteiger partial charge in [-0.1, -0.05) is 25.1 Å². The van der Waals surface area contributed by atoms with E-state index in [4.69, 9.17) is 4.74 Å². The summed E-state index contributed by atoms with van der Waals surface area (Å²) in [5.74, 6) is 0.495.